The molecule has 28 heavy (non-hydrogen) atoms. The van der Waals surface area contributed by atoms with Crippen LogP contribution in [0.2, 0.25) is 0 Å². The molecular weight excluding hydrogens is 386 g/mol. The first-order valence-electron chi connectivity index (χ1n) is 9.16. The minimum Gasteiger partial charge on any atom is -0.453 e. The quantitative estimate of drug-likeness (QED) is 0.744. The first-order chi connectivity index (χ1) is 13.4. The smallest absolute Gasteiger partial charge is 0.414 e. The molecule has 0 unspecified atom stereocenters. The summed E-state index contributed by atoms with van der Waals surface area (Å²) < 4.78 is 9.53. The molecule has 0 bridgehead atoms. The second-order valence-electron chi connectivity index (χ2n) is 6.18. The van der Waals surface area contributed by atoms with E-state index in [9.17, 15) is 19.2 Å². The molecule has 0 atom stereocenters. The number of alkyl carbamates (subject to hydrolysis) is 1. The van der Waals surface area contributed by atoms with Crippen LogP contribution >= 0.6 is 11.3 Å². The Morgan fingerprint density at radius 3 is 2.61 bits per heavy atom. The Balaban J connectivity index is 2.30. The third-order valence-corrected chi connectivity index (χ3v) is 5.35. The van der Waals surface area contributed by atoms with Gasteiger partial charge in [0.15, 0.2) is 0 Å². The zero-order valence-corrected chi connectivity index (χ0v) is 17.1. The van der Waals surface area contributed by atoms with Crippen LogP contribution in [0, 0.1) is 0 Å². The predicted octanol–water partition coefficient (Wildman–Crippen LogP) is 2.89. The van der Waals surface area contributed by atoms with Crippen LogP contribution in [0.3, 0.4) is 0 Å². The molecule has 0 fully saturated rings. The lowest BCUT2D eigenvalue weighted by atomic mass is 10.0. The monoisotopic (exact) mass is 411 g/mol. The maximum atomic E-state index is 12.7. The van der Waals surface area contributed by atoms with Crippen molar-refractivity contribution in [2.75, 3.05) is 25.6 Å². The lowest BCUT2D eigenvalue weighted by molar-refractivity contribution is -0.116. The van der Waals surface area contributed by atoms with Crippen molar-refractivity contribution in [3.8, 4) is 0 Å². The molecule has 0 saturated carbocycles. The Morgan fingerprint density at radius 2 is 1.96 bits per heavy atom. The molecular formula is C18H25N3O6S. The van der Waals surface area contributed by atoms with Gasteiger partial charge in [-0.25, -0.2) is 9.59 Å². The number of hydrogen-bond acceptors (Lipinski definition) is 7. The van der Waals surface area contributed by atoms with Gasteiger partial charge in [0.25, 0.3) is 5.91 Å². The average molecular weight is 411 g/mol. The van der Waals surface area contributed by atoms with Crippen LogP contribution in [0.4, 0.5) is 14.6 Å². The number of imide groups is 1. The van der Waals surface area contributed by atoms with E-state index < -0.39 is 18.1 Å². The van der Waals surface area contributed by atoms with Gasteiger partial charge in [-0.1, -0.05) is 13.3 Å². The van der Waals surface area contributed by atoms with Crippen LogP contribution in [0.25, 0.3) is 0 Å². The minimum absolute atomic E-state index is 0.134. The number of carbonyl (C=O) groups is 4. The van der Waals surface area contributed by atoms with Crippen LogP contribution in [0.5, 0.6) is 0 Å². The Hall–Kier alpha value is -2.62. The van der Waals surface area contributed by atoms with Crippen LogP contribution in [-0.4, -0.2) is 49.2 Å². The minimum atomic E-state index is -0.845. The summed E-state index contributed by atoms with van der Waals surface area (Å²) in [6.45, 7) is 4.40. The molecule has 0 saturated heterocycles. The standard InChI is InChI=1S/C18H25N3O6S/c1-4-6-7-13(22)19-16-14(15(23)20-17(24)27-5-2)11-8-9-21(18(25)26-3)10-12(11)28-16/h4-10H2,1-3H3,(H,19,22)(H,20,23,24). The van der Waals surface area contributed by atoms with Gasteiger partial charge in [0, 0.05) is 17.8 Å². The number of anilines is 1. The lowest BCUT2D eigenvalue weighted by Gasteiger charge is -2.25. The fourth-order valence-electron chi connectivity index (χ4n) is 2.87. The number of fused-ring (bicyclic) bond motifs is 1. The van der Waals surface area contributed by atoms with Crippen LogP contribution in [0.1, 0.15) is 53.9 Å². The number of nitrogens with zero attached hydrogens (tertiary/aromatic N) is 1. The van der Waals surface area contributed by atoms with E-state index in [0.717, 1.165) is 23.3 Å². The van der Waals surface area contributed by atoms with E-state index in [1.54, 1.807) is 6.92 Å². The molecule has 0 radical (unpaired) electrons. The number of amides is 4. The van der Waals surface area contributed by atoms with Gasteiger partial charge in [0.1, 0.15) is 5.00 Å². The Morgan fingerprint density at radius 1 is 1.21 bits per heavy atom. The molecule has 154 valence electrons. The van der Waals surface area contributed by atoms with Gasteiger partial charge in [0.05, 0.1) is 25.8 Å². The SMILES string of the molecule is CCCCC(=O)Nc1sc2c(c1C(=O)NC(=O)OCC)CCN(C(=O)OC)C2. The molecule has 4 amide bonds. The summed E-state index contributed by atoms with van der Waals surface area (Å²) in [6.07, 6.45) is 1.06. The maximum Gasteiger partial charge on any atom is 0.414 e. The van der Waals surface area contributed by atoms with Crippen molar-refractivity contribution in [2.45, 2.75) is 46.1 Å². The van der Waals surface area contributed by atoms with Crippen molar-refractivity contribution < 1.29 is 28.7 Å². The van der Waals surface area contributed by atoms with Crippen molar-refractivity contribution in [1.29, 1.82) is 0 Å². The Bertz CT molecular complexity index is 761. The van der Waals surface area contributed by atoms with Gasteiger partial charge in [-0.3, -0.25) is 14.9 Å². The summed E-state index contributed by atoms with van der Waals surface area (Å²) in [4.78, 5) is 50.7. The molecule has 2 heterocycles. The van der Waals surface area contributed by atoms with Gasteiger partial charge in [-0.05, 0) is 25.3 Å². The third-order valence-electron chi connectivity index (χ3n) is 4.22. The number of ether oxygens (including phenoxy) is 2. The normalized spacial score (nSPS) is 12.8. The number of carbonyl (C=O) groups excluding carboxylic acids is 4. The van der Waals surface area contributed by atoms with Crippen molar-refractivity contribution in [3.05, 3.63) is 16.0 Å². The Kier molecular flexibility index (Phi) is 7.80. The fourth-order valence-corrected chi connectivity index (χ4v) is 4.14. The van der Waals surface area contributed by atoms with Gasteiger partial charge in [0.2, 0.25) is 5.91 Å². The van der Waals surface area contributed by atoms with Crippen LogP contribution in [0.15, 0.2) is 0 Å². The van der Waals surface area contributed by atoms with Crippen molar-refractivity contribution in [2.24, 2.45) is 0 Å². The molecule has 1 aromatic rings. The van der Waals surface area contributed by atoms with E-state index in [4.69, 9.17) is 9.47 Å². The zero-order chi connectivity index (χ0) is 20.7. The molecule has 9 nitrogen and oxygen atoms in total. The van der Waals surface area contributed by atoms with E-state index in [1.807, 2.05) is 6.92 Å². The van der Waals surface area contributed by atoms with Crippen molar-refractivity contribution >= 4 is 40.3 Å². The highest BCUT2D eigenvalue weighted by Crippen LogP contribution is 2.37. The Labute approximate surface area is 167 Å². The van der Waals surface area contributed by atoms with E-state index >= 15 is 0 Å². The summed E-state index contributed by atoms with van der Waals surface area (Å²) in [7, 11) is 1.31. The summed E-state index contributed by atoms with van der Waals surface area (Å²) in [5.74, 6) is -0.830. The summed E-state index contributed by atoms with van der Waals surface area (Å²) in [5, 5.41) is 5.34. The number of hydrogen-bond donors (Lipinski definition) is 2. The summed E-state index contributed by atoms with van der Waals surface area (Å²) >= 11 is 1.23. The number of nitrogens with one attached hydrogen (secondary N) is 2. The molecule has 2 N–H and O–H groups in total. The van der Waals surface area contributed by atoms with E-state index in [-0.39, 0.29) is 24.6 Å². The average Bonchev–Trinajstić information content (AvgIpc) is 3.02. The molecule has 1 aliphatic rings. The molecule has 10 heteroatoms. The number of rotatable bonds is 6. The molecule has 0 spiro atoms. The number of methoxy groups -OCH3 is 1. The summed E-state index contributed by atoms with van der Waals surface area (Å²) in [6, 6.07) is 0. The highest BCUT2D eigenvalue weighted by molar-refractivity contribution is 7.17. The van der Waals surface area contributed by atoms with Crippen molar-refractivity contribution in [1.82, 2.24) is 10.2 Å². The highest BCUT2D eigenvalue weighted by atomic mass is 32.1. The third kappa shape index (κ3) is 5.22. The van der Waals surface area contributed by atoms with Gasteiger partial charge < -0.3 is 19.7 Å². The largest absolute Gasteiger partial charge is 0.453 e. The first kappa shape index (κ1) is 21.7. The summed E-state index contributed by atoms with van der Waals surface area (Å²) in [5.41, 5.74) is 0.972. The zero-order valence-electron chi connectivity index (χ0n) is 16.3. The van der Waals surface area contributed by atoms with Gasteiger partial charge in [-0.2, -0.15) is 0 Å². The fraction of sp³-hybridized carbons (Fsp3) is 0.556. The molecule has 2 rings (SSSR count). The number of unbranched alkanes of at least 4 members (excludes halogenated alkanes) is 1. The molecule has 0 aromatic carbocycles. The second-order valence-corrected chi connectivity index (χ2v) is 7.28. The van der Waals surface area contributed by atoms with E-state index in [0.29, 0.717) is 24.4 Å². The topological polar surface area (TPSA) is 114 Å². The van der Waals surface area contributed by atoms with E-state index in [2.05, 4.69) is 10.6 Å². The molecule has 0 aliphatic carbocycles. The first-order valence-corrected chi connectivity index (χ1v) is 9.98. The lowest BCUT2D eigenvalue weighted by Crippen LogP contribution is -2.36. The second kappa shape index (κ2) is 10.1. The van der Waals surface area contributed by atoms with Gasteiger partial charge >= 0.3 is 12.2 Å². The maximum absolute atomic E-state index is 12.7. The predicted molar refractivity (Wildman–Crippen MR) is 103 cm³/mol. The van der Waals surface area contributed by atoms with E-state index in [1.165, 1.54) is 23.3 Å². The molecule has 1 aromatic heterocycles. The molecule has 1 aliphatic heterocycles. The van der Waals surface area contributed by atoms with Crippen molar-refractivity contribution in [3.63, 3.8) is 0 Å². The number of thiophene rings is 1. The van der Waals surface area contributed by atoms with Gasteiger partial charge in [-0.15, -0.1) is 11.3 Å². The van der Waals surface area contributed by atoms with Crippen LogP contribution in [-0.2, 0) is 27.2 Å². The highest BCUT2D eigenvalue weighted by Gasteiger charge is 2.31. The van der Waals surface area contributed by atoms with Crippen LogP contribution < -0.4 is 10.6 Å².